The molecule has 2 aromatic rings. The van der Waals surface area contributed by atoms with Crippen LogP contribution in [-0.4, -0.2) is 16.8 Å². The molecule has 1 amide bonds. The highest BCUT2D eigenvalue weighted by atomic mass is 16.3. The number of aryl methyl sites for hydroxylation is 2. The van der Waals surface area contributed by atoms with Gasteiger partial charge in [0, 0.05) is 11.3 Å². The number of amides is 1. The minimum absolute atomic E-state index is 0.139. The van der Waals surface area contributed by atoms with Crippen molar-refractivity contribution in [3.05, 3.63) is 77.4 Å². The number of ketones is 1. The fourth-order valence-corrected chi connectivity index (χ4v) is 2.26. The lowest BCUT2D eigenvalue weighted by Gasteiger charge is -2.05. The van der Waals surface area contributed by atoms with Crippen LogP contribution in [0, 0.1) is 13.8 Å². The highest BCUT2D eigenvalue weighted by Crippen LogP contribution is 2.23. The van der Waals surface area contributed by atoms with Crippen molar-refractivity contribution in [3.8, 4) is 5.75 Å². The summed E-state index contributed by atoms with van der Waals surface area (Å²) in [4.78, 5) is 23.4. The molecule has 2 rings (SSSR count). The van der Waals surface area contributed by atoms with Crippen molar-refractivity contribution in [2.24, 2.45) is 0 Å². The van der Waals surface area contributed by atoms with Gasteiger partial charge in [-0.3, -0.25) is 9.59 Å². The van der Waals surface area contributed by atoms with Crippen molar-refractivity contribution in [2.75, 3.05) is 5.32 Å². The lowest BCUT2D eigenvalue weighted by Crippen LogP contribution is -2.07. The highest BCUT2D eigenvalue weighted by Gasteiger charge is 2.05. The van der Waals surface area contributed by atoms with Crippen LogP contribution >= 0.6 is 0 Å². The summed E-state index contributed by atoms with van der Waals surface area (Å²) in [6.07, 6.45) is 4.39. The SMILES string of the molecule is C=CC(=O)Nc1ccc(C(=O)C=Cc2cc(C)c(O)c(C)c2)cc1. The molecule has 2 N–H and O–H groups in total. The van der Waals surface area contributed by atoms with E-state index in [4.69, 9.17) is 0 Å². The Bertz CT molecular complexity index is 794. The Morgan fingerprint density at radius 3 is 2.21 bits per heavy atom. The third-order valence-electron chi connectivity index (χ3n) is 3.56. The van der Waals surface area contributed by atoms with E-state index in [1.54, 1.807) is 30.3 Å². The van der Waals surface area contributed by atoms with Crippen LogP contribution in [0.5, 0.6) is 5.75 Å². The average molecular weight is 321 g/mol. The van der Waals surface area contributed by atoms with Gasteiger partial charge >= 0.3 is 0 Å². The number of rotatable bonds is 5. The summed E-state index contributed by atoms with van der Waals surface area (Å²) in [5, 5.41) is 12.4. The van der Waals surface area contributed by atoms with Crippen LogP contribution in [-0.2, 0) is 4.79 Å². The third-order valence-corrected chi connectivity index (χ3v) is 3.56. The zero-order valence-electron chi connectivity index (χ0n) is 13.7. The van der Waals surface area contributed by atoms with Gasteiger partial charge in [-0.15, -0.1) is 0 Å². The zero-order valence-corrected chi connectivity index (χ0v) is 13.7. The van der Waals surface area contributed by atoms with Crippen molar-refractivity contribution in [1.82, 2.24) is 0 Å². The summed E-state index contributed by atoms with van der Waals surface area (Å²) in [6.45, 7) is 7.02. The molecule has 0 aliphatic carbocycles. The van der Waals surface area contributed by atoms with Gasteiger partial charge in [-0.05, 0) is 79.1 Å². The van der Waals surface area contributed by atoms with E-state index >= 15 is 0 Å². The monoisotopic (exact) mass is 321 g/mol. The molecule has 0 aliphatic heterocycles. The second-order valence-corrected chi connectivity index (χ2v) is 5.47. The topological polar surface area (TPSA) is 66.4 Å². The Morgan fingerprint density at radius 2 is 1.67 bits per heavy atom. The quantitative estimate of drug-likeness (QED) is 0.645. The predicted molar refractivity (Wildman–Crippen MR) is 96.2 cm³/mol. The number of benzene rings is 2. The van der Waals surface area contributed by atoms with E-state index in [-0.39, 0.29) is 17.4 Å². The third kappa shape index (κ3) is 4.20. The molecule has 0 atom stereocenters. The van der Waals surface area contributed by atoms with Gasteiger partial charge < -0.3 is 10.4 Å². The molecule has 4 nitrogen and oxygen atoms in total. The first-order valence-electron chi connectivity index (χ1n) is 7.47. The molecule has 0 fully saturated rings. The summed E-state index contributed by atoms with van der Waals surface area (Å²) < 4.78 is 0. The molecule has 4 heteroatoms. The maximum atomic E-state index is 12.2. The Labute approximate surface area is 141 Å². The summed E-state index contributed by atoms with van der Waals surface area (Å²) >= 11 is 0. The van der Waals surface area contributed by atoms with E-state index in [0.29, 0.717) is 11.3 Å². The largest absolute Gasteiger partial charge is 0.507 e. The smallest absolute Gasteiger partial charge is 0.247 e. The van der Waals surface area contributed by atoms with Crippen LogP contribution in [0.15, 0.2) is 55.1 Å². The van der Waals surface area contributed by atoms with Gasteiger partial charge in [0.2, 0.25) is 5.91 Å². The molecule has 0 heterocycles. The number of aromatic hydroxyl groups is 1. The molecule has 24 heavy (non-hydrogen) atoms. The Hall–Kier alpha value is -3.14. The molecule has 0 aromatic heterocycles. The van der Waals surface area contributed by atoms with E-state index in [9.17, 15) is 14.7 Å². The van der Waals surface area contributed by atoms with Crippen molar-refractivity contribution < 1.29 is 14.7 Å². The van der Waals surface area contributed by atoms with Crippen molar-refractivity contribution in [2.45, 2.75) is 13.8 Å². The average Bonchev–Trinajstić information content (AvgIpc) is 2.57. The number of hydrogen-bond donors (Lipinski definition) is 2. The minimum atomic E-state index is -0.299. The lowest BCUT2D eigenvalue weighted by atomic mass is 10.0. The van der Waals surface area contributed by atoms with Crippen LogP contribution in [0.2, 0.25) is 0 Å². The van der Waals surface area contributed by atoms with E-state index in [2.05, 4.69) is 11.9 Å². The number of nitrogens with one attached hydrogen (secondary N) is 1. The van der Waals surface area contributed by atoms with Gasteiger partial charge in [-0.1, -0.05) is 12.7 Å². The molecule has 0 unspecified atom stereocenters. The Morgan fingerprint density at radius 1 is 1.08 bits per heavy atom. The number of hydrogen-bond acceptors (Lipinski definition) is 3. The number of anilines is 1. The van der Waals surface area contributed by atoms with Crippen molar-refractivity contribution in [1.29, 1.82) is 0 Å². The first-order valence-corrected chi connectivity index (χ1v) is 7.47. The van der Waals surface area contributed by atoms with Crippen LogP contribution < -0.4 is 5.32 Å². The maximum Gasteiger partial charge on any atom is 0.247 e. The van der Waals surface area contributed by atoms with Gasteiger partial charge in [-0.25, -0.2) is 0 Å². The maximum absolute atomic E-state index is 12.2. The summed E-state index contributed by atoms with van der Waals surface area (Å²) in [7, 11) is 0. The Balaban J connectivity index is 2.12. The highest BCUT2D eigenvalue weighted by molar-refractivity contribution is 6.07. The Kier molecular flexibility index (Phi) is 5.32. The van der Waals surface area contributed by atoms with Gasteiger partial charge in [0.1, 0.15) is 5.75 Å². The van der Waals surface area contributed by atoms with Crippen LogP contribution in [0.4, 0.5) is 5.69 Å². The number of allylic oxidation sites excluding steroid dienone is 1. The van der Waals surface area contributed by atoms with Crippen molar-refractivity contribution in [3.63, 3.8) is 0 Å². The zero-order chi connectivity index (χ0) is 17.7. The van der Waals surface area contributed by atoms with E-state index in [0.717, 1.165) is 16.7 Å². The van der Waals surface area contributed by atoms with Crippen molar-refractivity contribution >= 4 is 23.5 Å². The normalized spacial score (nSPS) is 10.6. The van der Waals surface area contributed by atoms with Gasteiger partial charge in [-0.2, -0.15) is 0 Å². The second kappa shape index (κ2) is 7.42. The summed E-state index contributed by atoms with van der Waals surface area (Å²) in [5.74, 6) is -0.164. The molecule has 0 saturated heterocycles. The number of phenols is 1. The standard InChI is InChI=1S/C20H19NO3/c1-4-19(23)21-17-8-6-16(7-9-17)18(22)10-5-15-11-13(2)20(24)14(3)12-15/h4-12,24H,1H2,2-3H3,(H,21,23). The predicted octanol–water partition coefficient (Wildman–Crippen LogP) is 4.03. The first kappa shape index (κ1) is 17.2. The number of carbonyl (C=O) groups excluding carboxylic acids is 2. The van der Waals surface area contributed by atoms with E-state index in [1.165, 1.54) is 12.2 Å². The molecule has 0 saturated carbocycles. The fraction of sp³-hybridized carbons (Fsp3) is 0.100. The van der Waals surface area contributed by atoms with E-state index < -0.39 is 0 Å². The molecule has 2 aromatic carbocycles. The minimum Gasteiger partial charge on any atom is -0.507 e. The summed E-state index contributed by atoms with van der Waals surface area (Å²) in [5.41, 5.74) is 3.51. The molecule has 0 spiro atoms. The van der Waals surface area contributed by atoms with E-state index in [1.807, 2.05) is 26.0 Å². The number of phenolic OH excluding ortho intramolecular Hbond substituents is 1. The molecular formula is C20H19NO3. The van der Waals surface area contributed by atoms with Gasteiger partial charge in [0.15, 0.2) is 5.78 Å². The second-order valence-electron chi connectivity index (χ2n) is 5.47. The molecule has 0 radical (unpaired) electrons. The molecule has 122 valence electrons. The van der Waals surface area contributed by atoms with Gasteiger partial charge in [0.25, 0.3) is 0 Å². The van der Waals surface area contributed by atoms with Gasteiger partial charge in [0.05, 0.1) is 0 Å². The molecular weight excluding hydrogens is 302 g/mol. The lowest BCUT2D eigenvalue weighted by molar-refractivity contribution is -0.111. The van der Waals surface area contributed by atoms with Crippen LogP contribution in [0.25, 0.3) is 6.08 Å². The van der Waals surface area contributed by atoms with Crippen LogP contribution in [0.3, 0.4) is 0 Å². The number of carbonyl (C=O) groups is 2. The fourth-order valence-electron chi connectivity index (χ4n) is 2.26. The van der Waals surface area contributed by atoms with Crippen LogP contribution in [0.1, 0.15) is 27.0 Å². The molecule has 0 aliphatic rings. The summed E-state index contributed by atoms with van der Waals surface area (Å²) in [6, 6.07) is 10.3. The first-order chi connectivity index (χ1) is 11.4. The molecule has 0 bridgehead atoms.